The van der Waals surface area contributed by atoms with E-state index >= 15 is 0 Å². The van der Waals surface area contributed by atoms with Crippen LogP contribution in [0.2, 0.25) is 5.02 Å². The Hall–Kier alpha value is -3.19. The summed E-state index contributed by atoms with van der Waals surface area (Å²) in [7, 11) is 0. The molecule has 1 fully saturated rings. The summed E-state index contributed by atoms with van der Waals surface area (Å²) in [5.41, 5.74) is 2.71. The molecule has 0 N–H and O–H groups in total. The fourth-order valence-electron chi connectivity index (χ4n) is 4.90. The molecular formula is C26H29ClN6O. The van der Waals surface area contributed by atoms with E-state index in [4.69, 9.17) is 16.6 Å². The Labute approximate surface area is 204 Å². The monoisotopic (exact) mass is 476 g/mol. The van der Waals surface area contributed by atoms with Crippen molar-refractivity contribution < 1.29 is 4.79 Å². The lowest BCUT2D eigenvalue weighted by Crippen LogP contribution is -2.45. The number of amides is 1. The van der Waals surface area contributed by atoms with E-state index in [1.807, 2.05) is 55.1 Å². The second-order valence-electron chi connectivity index (χ2n) is 8.81. The lowest BCUT2D eigenvalue weighted by molar-refractivity contribution is -0.135. The van der Waals surface area contributed by atoms with Gasteiger partial charge in [0.25, 0.3) is 0 Å². The van der Waals surface area contributed by atoms with Crippen LogP contribution in [0.4, 0.5) is 5.95 Å². The van der Waals surface area contributed by atoms with Crippen LogP contribution in [0.5, 0.6) is 0 Å². The van der Waals surface area contributed by atoms with E-state index in [1.54, 1.807) is 0 Å². The Morgan fingerprint density at radius 2 is 1.91 bits per heavy atom. The average Bonchev–Trinajstić information content (AvgIpc) is 3.28. The van der Waals surface area contributed by atoms with Gasteiger partial charge in [-0.1, -0.05) is 41.9 Å². The minimum atomic E-state index is -0.0467. The quantitative estimate of drug-likeness (QED) is 0.406. The van der Waals surface area contributed by atoms with E-state index in [0.717, 1.165) is 66.4 Å². The predicted molar refractivity (Wildman–Crippen MR) is 135 cm³/mol. The van der Waals surface area contributed by atoms with Crippen molar-refractivity contribution in [1.29, 1.82) is 0 Å². The highest BCUT2D eigenvalue weighted by Gasteiger charge is 2.31. The fraction of sp³-hybridized carbons (Fsp3) is 0.385. The molecule has 1 saturated heterocycles. The summed E-state index contributed by atoms with van der Waals surface area (Å²) >= 11 is 6.31. The second kappa shape index (κ2) is 9.58. The Bertz CT molecular complexity index is 1320. The molecule has 1 aliphatic rings. The molecule has 0 unspecified atom stereocenters. The lowest BCUT2D eigenvalue weighted by atomic mass is 9.96. The first-order chi connectivity index (χ1) is 16.6. The number of nitrogens with zero attached hydrogens (tertiary/aromatic N) is 6. The average molecular weight is 477 g/mol. The molecule has 34 heavy (non-hydrogen) atoms. The predicted octanol–water partition coefficient (Wildman–Crippen LogP) is 4.61. The molecule has 2 aromatic heterocycles. The SMILES string of the molecule is CCN(CC)C(=O)[C@@H]1CCCN(c2nc3cc(Cl)ccc3c3nnc(Cc4ccccc4)n23)C1. The molecule has 1 amide bonds. The van der Waals surface area contributed by atoms with Crippen LogP contribution in [0.15, 0.2) is 48.5 Å². The van der Waals surface area contributed by atoms with E-state index in [-0.39, 0.29) is 11.8 Å². The highest BCUT2D eigenvalue weighted by Crippen LogP contribution is 2.30. The summed E-state index contributed by atoms with van der Waals surface area (Å²) in [6.45, 7) is 7.00. The van der Waals surface area contributed by atoms with Gasteiger partial charge >= 0.3 is 0 Å². The van der Waals surface area contributed by atoms with Crippen LogP contribution in [0.3, 0.4) is 0 Å². The van der Waals surface area contributed by atoms with Gasteiger partial charge in [0.2, 0.25) is 11.9 Å². The molecule has 3 heterocycles. The lowest BCUT2D eigenvalue weighted by Gasteiger charge is -2.35. The highest BCUT2D eigenvalue weighted by atomic mass is 35.5. The summed E-state index contributed by atoms with van der Waals surface area (Å²) in [5.74, 6) is 1.79. The van der Waals surface area contributed by atoms with Crippen molar-refractivity contribution in [1.82, 2.24) is 24.5 Å². The van der Waals surface area contributed by atoms with E-state index in [9.17, 15) is 4.79 Å². The topological polar surface area (TPSA) is 66.6 Å². The summed E-state index contributed by atoms with van der Waals surface area (Å²) in [4.78, 5) is 22.3. The Kier molecular flexibility index (Phi) is 6.37. The third-order valence-electron chi connectivity index (χ3n) is 6.68. The first-order valence-electron chi connectivity index (χ1n) is 12.0. The van der Waals surface area contributed by atoms with Crippen LogP contribution in [0.1, 0.15) is 38.1 Å². The zero-order valence-electron chi connectivity index (χ0n) is 19.6. The third-order valence-corrected chi connectivity index (χ3v) is 6.92. The van der Waals surface area contributed by atoms with Crippen molar-refractivity contribution in [3.05, 3.63) is 64.9 Å². The minimum absolute atomic E-state index is 0.0467. The number of piperidine rings is 1. The molecule has 176 valence electrons. The van der Waals surface area contributed by atoms with Gasteiger partial charge in [-0.2, -0.15) is 0 Å². The van der Waals surface area contributed by atoms with E-state index in [1.165, 1.54) is 0 Å². The van der Waals surface area contributed by atoms with Gasteiger partial charge in [0.15, 0.2) is 5.65 Å². The second-order valence-corrected chi connectivity index (χ2v) is 9.24. The van der Waals surface area contributed by atoms with Crippen LogP contribution >= 0.6 is 11.6 Å². The van der Waals surface area contributed by atoms with Gasteiger partial charge in [-0.15, -0.1) is 10.2 Å². The van der Waals surface area contributed by atoms with Gasteiger partial charge in [-0.25, -0.2) is 9.38 Å². The van der Waals surface area contributed by atoms with Crippen LogP contribution < -0.4 is 4.90 Å². The summed E-state index contributed by atoms with van der Waals surface area (Å²) in [5, 5.41) is 10.7. The van der Waals surface area contributed by atoms with Crippen LogP contribution in [0, 0.1) is 5.92 Å². The largest absolute Gasteiger partial charge is 0.343 e. The number of rotatable bonds is 6. The zero-order valence-corrected chi connectivity index (χ0v) is 20.4. The number of carbonyl (C=O) groups is 1. The van der Waals surface area contributed by atoms with E-state index < -0.39 is 0 Å². The first kappa shape index (κ1) is 22.6. The number of aromatic nitrogens is 4. The molecular weight excluding hydrogens is 448 g/mol. The van der Waals surface area contributed by atoms with Crippen molar-refractivity contribution in [2.24, 2.45) is 5.92 Å². The van der Waals surface area contributed by atoms with Crippen molar-refractivity contribution in [2.75, 3.05) is 31.1 Å². The van der Waals surface area contributed by atoms with Crippen LogP contribution in [-0.2, 0) is 11.2 Å². The molecule has 8 heteroatoms. The summed E-state index contributed by atoms with van der Waals surface area (Å²) in [6.07, 6.45) is 2.48. The number of anilines is 1. The molecule has 0 bridgehead atoms. The number of hydrogen-bond donors (Lipinski definition) is 0. The van der Waals surface area contributed by atoms with Crippen LogP contribution in [-0.4, -0.2) is 56.6 Å². The van der Waals surface area contributed by atoms with Gasteiger partial charge in [0.05, 0.1) is 11.4 Å². The van der Waals surface area contributed by atoms with Crippen molar-refractivity contribution in [3.8, 4) is 0 Å². The van der Waals surface area contributed by atoms with Gasteiger partial charge in [0.1, 0.15) is 5.82 Å². The summed E-state index contributed by atoms with van der Waals surface area (Å²) in [6, 6.07) is 15.9. The minimum Gasteiger partial charge on any atom is -0.343 e. The number of halogens is 1. The number of carbonyl (C=O) groups excluding carboxylic acids is 1. The van der Waals surface area contributed by atoms with Gasteiger partial charge in [-0.3, -0.25) is 4.79 Å². The van der Waals surface area contributed by atoms with E-state index in [2.05, 4.69) is 31.6 Å². The van der Waals surface area contributed by atoms with Crippen LogP contribution in [0.25, 0.3) is 16.6 Å². The molecule has 7 nitrogen and oxygen atoms in total. The van der Waals surface area contributed by atoms with Crippen molar-refractivity contribution in [2.45, 2.75) is 33.1 Å². The zero-order chi connectivity index (χ0) is 23.7. The summed E-state index contributed by atoms with van der Waals surface area (Å²) < 4.78 is 2.06. The smallest absolute Gasteiger partial charge is 0.227 e. The third kappa shape index (κ3) is 4.20. The van der Waals surface area contributed by atoms with Crippen molar-refractivity contribution in [3.63, 3.8) is 0 Å². The van der Waals surface area contributed by atoms with Crippen molar-refractivity contribution >= 4 is 40.0 Å². The molecule has 0 saturated carbocycles. The molecule has 0 spiro atoms. The molecule has 5 rings (SSSR count). The first-order valence-corrected chi connectivity index (χ1v) is 12.4. The molecule has 2 aromatic carbocycles. The number of hydrogen-bond acceptors (Lipinski definition) is 5. The Morgan fingerprint density at radius 1 is 1.12 bits per heavy atom. The molecule has 0 aliphatic carbocycles. The Morgan fingerprint density at radius 3 is 2.68 bits per heavy atom. The van der Waals surface area contributed by atoms with E-state index in [0.29, 0.717) is 18.0 Å². The van der Waals surface area contributed by atoms with Gasteiger partial charge in [0, 0.05) is 43.0 Å². The highest BCUT2D eigenvalue weighted by molar-refractivity contribution is 6.31. The molecule has 4 aromatic rings. The Balaban J connectivity index is 1.60. The van der Waals surface area contributed by atoms with Gasteiger partial charge in [-0.05, 0) is 50.5 Å². The van der Waals surface area contributed by atoms with Gasteiger partial charge < -0.3 is 9.80 Å². The maximum Gasteiger partial charge on any atom is 0.227 e. The maximum atomic E-state index is 13.1. The standard InChI is InChI=1S/C26H29ClN6O/c1-3-31(4-2)25(34)19-11-8-14-32(17-19)26-28-22-16-20(27)12-13-21(22)24-30-29-23(33(24)26)15-18-9-6-5-7-10-18/h5-7,9-10,12-13,16,19H,3-4,8,11,14-15,17H2,1-2H3/t19-/m1/s1. The molecule has 1 aliphatic heterocycles. The molecule has 1 atom stereocenters. The maximum absolute atomic E-state index is 13.1. The fourth-order valence-corrected chi connectivity index (χ4v) is 5.07. The number of fused-ring (bicyclic) bond motifs is 3. The molecule has 0 radical (unpaired) electrons. The normalized spacial score (nSPS) is 16.3. The number of benzene rings is 2.